The highest BCUT2D eigenvalue weighted by Crippen LogP contribution is 2.16. The zero-order valence-corrected chi connectivity index (χ0v) is 17.5. The number of imidazole rings is 1. The van der Waals surface area contributed by atoms with Crippen molar-refractivity contribution in [2.45, 2.75) is 25.4 Å². The summed E-state index contributed by atoms with van der Waals surface area (Å²) < 4.78 is 6.71. The summed E-state index contributed by atoms with van der Waals surface area (Å²) >= 11 is 6.11. The standard InChI is InChI=1S/C20H22ClN7O3/c1-31-14-4-2-13(3-5-14)11-24-19(30)15(6-7-17(22)29)25-18-10-16(21)26-20(27-18)28-9-8-23-12-28/h2-5,8-10,12,15H,6-7,11H2,1H3,(H2,22,29)(H,24,30)(H,25,26,27). The lowest BCUT2D eigenvalue weighted by atomic mass is 10.1. The SMILES string of the molecule is COc1ccc(CNC(=O)C(CCC(N)=O)Nc2cc(Cl)nc(-n3ccnc3)n2)cc1. The van der Waals surface area contributed by atoms with Crippen molar-refractivity contribution >= 4 is 29.2 Å². The smallest absolute Gasteiger partial charge is 0.242 e. The van der Waals surface area contributed by atoms with E-state index in [0.29, 0.717) is 18.3 Å². The molecule has 0 spiro atoms. The molecular formula is C20H22ClN7O3. The zero-order chi connectivity index (χ0) is 22.2. The van der Waals surface area contributed by atoms with E-state index in [1.54, 1.807) is 24.1 Å². The number of halogens is 1. The van der Waals surface area contributed by atoms with Crippen LogP contribution in [0.4, 0.5) is 5.82 Å². The molecule has 3 rings (SSSR count). The first kappa shape index (κ1) is 22.0. The number of hydrogen-bond donors (Lipinski definition) is 3. The molecule has 1 aromatic carbocycles. The number of ether oxygens (including phenoxy) is 1. The van der Waals surface area contributed by atoms with Gasteiger partial charge in [0.25, 0.3) is 0 Å². The van der Waals surface area contributed by atoms with Gasteiger partial charge in [-0.2, -0.15) is 4.98 Å². The van der Waals surface area contributed by atoms with Gasteiger partial charge in [0, 0.05) is 31.4 Å². The van der Waals surface area contributed by atoms with Crippen molar-refractivity contribution in [3.63, 3.8) is 0 Å². The number of hydrogen-bond acceptors (Lipinski definition) is 7. The summed E-state index contributed by atoms with van der Waals surface area (Å²) in [6.07, 6.45) is 5.00. The van der Waals surface area contributed by atoms with Gasteiger partial charge in [0.05, 0.1) is 7.11 Å². The van der Waals surface area contributed by atoms with Crippen LogP contribution in [0.2, 0.25) is 5.15 Å². The molecule has 0 saturated heterocycles. The number of benzene rings is 1. The molecule has 2 aromatic heterocycles. The van der Waals surface area contributed by atoms with Crippen LogP contribution in [0.25, 0.3) is 5.95 Å². The number of nitrogens with two attached hydrogens (primary N) is 1. The van der Waals surface area contributed by atoms with Crippen LogP contribution in [0.15, 0.2) is 49.1 Å². The maximum atomic E-state index is 12.8. The molecule has 3 aromatic rings. The van der Waals surface area contributed by atoms with Gasteiger partial charge in [-0.05, 0) is 24.1 Å². The number of nitrogens with zero attached hydrogens (tertiary/aromatic N) is 4. The Morgan fingerprint density at radius 2 is 2.03 bits per heavy atom. The van der Waals surface area contributed by atoms with E-state index in [1.165, 1.54) is 12.4 Å². The summed E-state index contributed by atoms with van der Waals surface area (Å²) in [6, 6.07) is 8.07. The molecule has 1 unspecified atom stereocenters. The second-order valence-corrected chi connectivity index (χ2v) is 7.00. The Bertz CT molecular complexity index is 1030. The summed E-state index contributed by atoms with van der Waals surface area (Å²) in [5.41, 5.74) is 6.17. The predicted octanol–water partition coefficient (Wildman–Crippen LogP) is 1.69. The van der Waals surface area contributed by atoms with Gasteiger partial charge in [-0.25, -0.2) is 9.97 Å². The second kappa shape index (κ2) is 10.4. The molecule has 4 N–H and O–H groups in total. The van der Waals surface area contributed by atoms with Crippen molar-refractivity contribution in [1.29, 1.82) is 0 Å². The van der Waals surface area contributed by atoms with E-state index in [9.17, 15) is 9.59 Å². The molecule has 0 fully saturated rings. The largest absolute Gasteiger partial charge is 0.497 e. The quantitative estimate of drug-likeness (QED) is 0.405. The molecule has 0 bridgehead atoms. The monoisotopic (exact) mass is 443 g/mol. The first-order chi connectivity index (χ1) is 14.9. The fourth-order valence-electron chi connectivity index (χ4n) is 2.76. The predicted molar refractivity (Wildman–Crippen MR) is 115 cm³/mol. The molecule has 31 heavy (non-hydrogen) atoms. The van der Waals surface area contributed by atoms with Crippen molar-refractivity contribution in [2.75, 3.05) is 12.4 Å². The molecule has 0 aliphatic heterocycles. The molecule has 0 radical (unpaired) electrons. The van der Waals surface area contributed by atoms with Crippen molar-refractivity contribution in [2.24, 2.45) is 5.73 Å². The van der Waals surface area contributed by atoms with Gasteiger partial charge >= 0.3 is 0 Å². The van der Waals surface area contributed by atoms with E-state index < -0.39 is 11.9 Å². The van der Waals surface area contributed by atoms with E-state index in [-0.39, 0.29) is 23.9 Å². The van der Waals surface area contributed by atoms with Crippen molar-refractivity contribution < 1.29 is 14.3 Å². The lowest BCUT2D eigenvalue weighted by Gasteiger charge is -2.19. The van der Waals surface area contributed by atoms with E-state index in [1.807, 2.05) is 24.3 Å². The first-order valence-corrected chi connectivity index (χ1v) is 9.81. The molecule has 2 heterocycles. The number of anilines is 1. The maximum absolute atomic E-state index is 12.8. The van der Waals surface area contributed by atoms with Crippen LogP contribution in [0.5, 0.6) is 5.75 Å². The second-order valence-electron chi connectivity index (χ2n) is 6.61. The molecule has 0 aliphatic rings. The van der Waals surface area contributed by atoms with Crippen molar-refractivity contribution in [1.82, 2.24) is 24.8 Å². The third kappa shape index (κ3) is 6.41. The Morgan fingerprint density at radius 3 is 2.68 bits per heavy atom. The van der Waals surface area contributed by atoms with Gasteiger partial charge in [-0.3, -0.25) is 14.2 Å². The number of carbonyl (C=O) groups is 2. The number of carbonyl (C=O) groups excluding carboxylic acids is 2. The highest BCUT2D eigenvalue weighted by atomic mass is 35.5. The molecule has 162 valence electrons. The topological polar surface area (TPSA) is 137 Å². The number of nitrogens with one attached hydrogen (secondary N) is 2. The highest BCUT2D eigenvalue weighted by Gasteiger charge is 2.20. The fraction of sp³-hybridized carbons (Fsp3) is 0.250. The number of methoxy groups -OCH3 is 1. The van der Waals surface area contributed by atoms with Gasteiger partial charge < -0.3 is 21.1 Å². The van der Waals surface area contributed by atoms with Gasteiger partial charge in [-0.1, -0.05) is 23.7 Å². The van der Waals surface area contributed by atoms with Crippen molar-refractivity contribution in [3.05, 3.63) is 59.8 Å². The third-order valence-corrected chi connectivity index (χ3v) is 4.56. The number of amides is 2. The Hall–Kier alpha value is -3.66. The van der Waals surface area contributed by atoms with Crippen LogP contribution < -0.4 is 21.1 Å². The molecule has 0 saturated carbocycles. The molecule has 10 nitrogen and oxygen atoms in total. The lowest BCUT2D eigenvalue weighted by Crippen LogP contribution is -2.40. The van der Waals surface area contributed by atoms with Crippen LogP contribution in [0.1, 0.15) is 18.4 Å². The summed E-state index contributed by atoms with van der Waals surface area (Å²) in [5, 5.41) is 6.06. The lowest BCUT2D eigenvalue weighted by molar-refractivity contribution is -0.122. The molecule has 1 atom stereocenters. The Morgan fingerprint density at radius 1 is 1.26 bits per heavy atom. The summed E-state index contributed by atoms with van der Waals surface area (Å²) in [4.78, 5) is 36.6. The molecule has 2 amide bonds. The number of primary amides is 1. The summed E-state index contributed by atoms with van der Waals surface area (Å²) in [7, 11) is 1.59. The molecule has 11 heteroatoms. The summed E-state index contributed by atoms with van der Waals surface area (Å²) in [6.45, 7) is 0.308. The third-order valence-electron chi connectivity index (χ3n) is 4.36. The van der Waals surface area contributed by atoms with E-state index in [2.05, 4.69) is 25.6 Å². The van der Waals surface area contributed by atoms with E-state index >= 15 is 0 Å². The van der Waals surface area contributed by atoms with Crippen LogP contribution in [0, 0.1) is 0 Å². The average molecular weight is 444 g/mol. The Labute approximate surface area is 183 Å². The van der Waals surface area contributed by atoms with Crippen molar-refractivity contribution in [3.8, 4) is 11.7 Å². The van der Waals surface area contributed by atoms with Crippen LogP contribution >= 0.6 is 11.6 Å². The van der Waals surface area contributed by atoms with Gasteiger partial charge in [-0.15, -0.1) is 0 Å². The van der Waals surface area contributed by atoms with Gasteiger partial charge in [0.2, 0.25) is 17.8 Å². The Kier molecular flexibility index (Phi) is 7.39. The Balaban J connectivity index is 1.72. The minimum atomic E-state index is -0.757. The average Bonchev–Trinajstić information content (AvgIpc) is 3.30. The normalized spacial score (nSPS) is 11.5. The number of aromatic nitrogens is 4. The van der Waals surface area contributed by atoms with E-state index in [0.717, 1.165) is 11.3 Å². The molecule has 0 aliphatic carbocycles. The fourth-order valence-corrected chi connectivity index (χ4v) is 2.94. The van der Waals surface area contributed by atoms with Crippen LogP contribution in [0.3, 0.4) is 0 Å². The first-order valence-electron chi connectivity index (χ1n) is 9.43. The number of rotatable bonds is 10. The summed E-state index contributed by atoms with van der Waals surface area (Å²) in [5.74, 6) is 0.536. The van der Waals surface area contributed by atoms with Crippen LogP contribution in [-0.4, -0.2) is 44.5 Å². The zero-order valence-electron chi connectivity index (χ0n) is 16.8. The maximum Gasteiger partial charge on any atom is 0.242 e. The minimum Gasteiger partial charge on any atom is -0.497 e. The molecular weight excluding hydrogens is 422 g/mol. The van der Waals surface area contributed by atoms with Gasteiger partial charge in [0.1, 0.15) is 29.1 Å². The van der Waals surface area contributed by atoms with Crippen LogP contribution in [-0.2, 0) is 16.1 Å². The van der Waals surface area contributed by atoms with E-state index in [4.69, 9.17) is 22.1 Å². The minimum absolute atomic E-state index is 0.0286. The van der Waals surface area contributed by atoms with Gasteiger partial charge in [0.15, 0.2) is 0 Å². The highest BCUT2D eigenvalue weighted by molar-refractivity contribution is 6.29.